The maximum Gasteiger partial charge on any atom is 0.154 e. The Bertz CT molecular complexity index is 552. The molecular formula is C12H9NO. The SMILES string of the molecule is C1=CCOC2=c3ccccc3=NC2=C1. The minimum absolute atomic E-state index is 0.624. The van der Waals surface area contributed by atoms with E-state index in [-0.39, 0.29) is 0 Å². The zero-order valence-corrected chi connectivity index (χ0v) is 7.60. The van der Waals surface area contributed by atoms with Crippen LogP contribution in [0.1, 0.15) is 0 Å². The van der Waals surface area contributed by atoms with E-state index in [4.69, 9.17) is 4.74 Å². The highest BCUT2D eigenvalue weighted by Gasteiger charge is 2.13. The van der Waals surface area contributed by atoms with Crippen LogP contribution in [-0.2, 0) is 4.74 Å². The number of benzene rings is 1. The molecule has 14 heavy (non-hydrogen) atoms. The van der Waals surface area contributed by atoms with Crippen molar-refractivity contribution in [2.24, 2.45) is 4.99 Å². The van der Waals surface area contributed by atoms with Gasteiger partial charge in [0.25, 0.3) is 0 Å². The summed E-state index contributed by atoms with van der Waals surface area (Å²) >= 11 is 0. The smallest absolute Gasteiger partial charge is 0.154 e. The van der Waals surface area contributed by atoms with Crippen molar-refractivity contribution in [3.8, 4) is 0 Å². The van der Waals surface area contributed by atoms with Crippen molar-refractivity contribution in [2.75, 3.05) is 6.61 Å². The number of ether oxygens (including phenoxy) is 1. The van der Waals surface area contributed by atoms with Crippen LogP contribution in [0.15, 0.2) is 53.2 Å². The number of rotatable bonds is 0. The molecule has 0 N–H and O–H groups in total. The number of fused-ring (bicyclic) bond motifs is 2. The Morgan fingerprint density at radius 2 is 2.14 bits per heavy atom. The largest absolute Gasteiger partial charge is 0.487 e. The van der Waals surface area contributed by atoms with E-state index in [0.717, 1.165) is 22.0 Å². The van der Waals surface area contributed by atoms with Gasteiger partial charge in [-0.2, -0.15) is 0 Å². The molecule has 0 spiro atoms. The van der Waals surface area contributed by atoms with Crippen LogP contribution >= 0.6 is 0 Å². The third kappa shape index (κ3) is 1.01. The summed E-state index contributed by atoms with van der Waals surface area (Å²) in [6, 6.07) is 8.04. The highest BCUT2D eigenvalue weighted by atomic mass is 16.5. The first-order valence-electron chi connectivity index (χ1n) is 4.63. The predicted octanol–water partition coefficient (Wildman–Crippen LogP) is 0.898. The second-order valence-electron chi connectivity index (χ2n) is 3.25. The molecule has 3 rings (SSSR count). The fourth-order valence-electron chi connectivity index (χ4n) is 1.69. The number of hydrogen-bond acceptors (Lipinski definition) is 2. The summed E-state index contributed by atoms with van der Waals surface area (Å²) in [5.74, 6) is 0.908. The highest BCUT2D eigenvalue weighted by molar-refractivity contribution is 5.61. The van der Waals surface area contributed by atoms with Crippen molar-refractivity contribution in [1.29, 1.82) is 0 Å². The normalized spacial score (nSPS) is 17.4. The van der Waals surface area contributed by atoms with Crippen LogP contribution in [0.2, 0.25) is 0 Å². The topological polar surface area (TPSA) is 21.6 Å². The Kier molecular flexibility index (Phi) is 1.53. The van der Waals surface area contributed by atoms with E-state index in [1.165, 1.54) is 0 Å². The monoisotopic (exact) mass is 183 g/mol. The molecule has 0 atom stereocenters. The summed E-state index contributed by atoms with van der Waals surface area (Å²) in [6.45, 7) is 0.624. The maximum absolute atomic E-state index is 5.62. The molecule has 0 radical (unpaired) electrons. The van der Waals surface area contributed by atoms with Gasteiger partial charge < -0.3 is 4.74 Å². The molecule has 2 nitrogen and oxygen atoms in total. The lowest BCUT2D eigenvalue weighted by atomic mass is 10.2. The lowest BCUT2D eigenvalue weighted by Gasteiger charge is -2.02. The Balaban J connectivity index is 2.37. The van der Waals surface area contributed by atoms with Crippen LogP contribution in [0.5, 0.6) is 0 Å². The molecule has 0 fully saturated rings. The van der Waals surface area contributed by atoms with Crippen LogP contribution in [-0.4, -0.2) is 6.61 Å². The minimum atomic E-state index is 0.624. The molecule has 2 aliphatic rings. The molecule has 68 valence electrons. The lowest BCUT2D eigenvalue weighted by molar-refractivity contribution is 0.318. The van der Waals surface area contributed by atoms with Crippen molar-refractivity contribution in [2.45, 2.75) is 0 Å². The van der Waals surface area contributed by atoms with Gasteiger partial charge >= 0.3 is 0 Å². The van der Waals surface area contributed by atoms with E-state index < -0.39 is 0 Å². The molecule has 0 unspecified atom stereocenters. The summed E-state index contributed by atoms with van der Waals surface area (Å²) in [4.78, 5) is 4.48. The van der Waals surface area contributed by atoms with Gasteiger partial charge in [0.05, 0.1) is 5.36 Å². The first-order chi connectivity index (χ1) is 6.95. The molecule has 0 bridgehead atoms. The maximum atomic E-state index is 5.62. The van der Waals surface area contributed by atoms with Crippen molar-refractivity contribution in [3.05, 3.63) is 58.8 Å². The summed E-state index contributed by atoms with van der Waals surface area (Å²) in [7, 11) is 0. The van der Waals surface area contributed by atoms with Crippen LogP contribution < -0.4 is 10.6 Å². The van der Waals surface area contributed by atoms with Crippen molar-refractivity contribution >= 4 is 5.76 Å². The van der Waals surface area contributed by atoms with E-state index in [1.807, 2.05) is 42.5 Å². The molecule has 1 aromatic rings. The van der Waals surface area contributed by atoms with E-state index in [9.17, 15) is 0 Å². The van der Waals surface area contributed by atoms with Gasteiger partial charge in [-0.3, -0.25) is 0 Å². The zero-order valence-electron chi connectivity index (χ0n) is 7.60. The molecule has 0 saturated carbocycles. The standard InChI is InChI=1S/C12H9NO/c1-2-6-10-9(5-1)12-11(13-10)7-3-4-8-14-12/h1-7H,8H2. The molecule has 2 heteroatoms. The predicted molar refractivity (Wildman–Crippen MR) is 53.8 cm³/mol. The molecule has 2 aliphatic heterocycles. The van der Waals surface area contributed by atoms with E-state index in [0.29, 0.717) is 6.61 Å². The Morgan fingerprint density at radius 1 is 1.21 bits per heavy atom. The van der Waals surface area contributed by atoms with Gasteiger partial charge in [0, 0.05) is 5.22 Å². The summed E-state index contributed by atoms with van der Waals surface area (Å²) in [6.07, 6.45) is 5.95. The Labute approximate surface area is 81.5 Å². The Morgan fingerprint density at radius 3 is 3.14 bits per heavy atom. The van der Waals surface area contributed by atoms with Gasteiger partial charge in [0.2, 0.25) is 0 Å². The van der Waals surface area contributed by atoms with Gasteiger partial charge in [-0.15, -0.1) is 0 Å². The van der Waals surface area contributed by atoms with Gasteiger partial charge in [-0.1, -0.05) is 18.2 Å². The fourth-order valence-corrected chi connectivity index (χ4v) is 1.69. The quantitative estimate of drug-likeness (QED) is 0.585. The van der Waals surface area contributed by atoms with Gasteiger partial charge in [-0.25, -0.2) is 4.99 Å². The second kappa shape index (κ2) is 2.84. The number of nitrogens with zero attached hydrogens (tertiary/aromatic N) is 1. The molecule has 2 heterocycles. The van der Waals surface area contributed by atoms with Crippen LogP contribution in [0.3, 0.4) is 0 Å². The van der Waals surface area contributed by atoms with Crippen LogP contribution in [0.4, 0.5) is 0 Å². The van der Waals surface area contributed by atoms with Crippen molar-refractivity contribution in [3.63, 3.8) is 0 Å². The average molecular weight is 183 g/mol. The third-order valence-electron chi connectivity index (χ3n) is 2.34. The molecule has 0 aliphatic carbocycles. The molecule has 0 saturated heterocycles. The average Bonchev–Trinajstić information content (AvgIpc) is 2.42. The number of allylic oxidation sites excluding steroid dienone is 2. The number of hydrogen-bond donors (Lipinski definition) is 0. The minimum Gasteiger partial charge on any atom is -0.487 e. The van der Waals surface area contributed by atoms with Crippen molar-refractivity contribution < 1.29 is 4.74 Å². The van der Waals surface area contributed by atoms with E-state index >= 15 is 0 Å². The van der Waals surface area contributed by atoms with Crippen LogP contribution in [0.25, 0.3) is 5.76 Å². The molecular weight excluding hydrogens is 174 g/mol. The number of para-hydroxylation sites is 1. The third-order valence-corrected chi connectivity index (χ3v) is 2.34. The zero-order chi connectivity index (χ0) is 9.38. The Hall–Kier alpha value is -1.83. The van der Waals surface area contributed by atoms with E-state index in [1.54, 1.807) is 0 Å². The molecule has 0 amide bonds. The van der Waals surface area contributed by atoms with Gasteiger partial charge in [-0.05, 0) is 24.3 Å². The fraction of sp³-hybridized carbons (Fsp3) is 0.0833. The van der Waals surface area contributed by atoms with Crippen LogP contribution in [0, 0.1) is 0 Å². The van der Waals surface area contributed by atoms with Gasteiger partial charge in [0.15, 0.2) is 5.76 Å². The van der Waals surface area contributed by atoms with Gasteiger partial charge in [0.1, 0.15) is 12.3 Å². The summed E-state index contributed by atoms with van der Waals surface area (Å²) in [5.41, 5.74) is 0.931. The van der Waals surface area contributed by atoms with E-state index in [2.05, 4.69) is 4.99 Å². The molecule has 1 aromatic carbocycles. The highest BCUT2D eigenvalue weighted by Crippen LogP contribution is 2.17. The molecule has 0 aromatic heterocycles. The summed E-state index contributed by atoms with van der Waals surface area (Å²) < 4.78 is 5.62. The van der Waals surface area contributed by atoms with Crippen molar-refractivity contribution in [1.82, 2.24) is 0 Å². The first kappa shape index (κ1) is 7.56. The first-order valence-corrected chi connectivity index (χ1v) is 4.63. The summed E-state index contributed by atoms with van der Waals surface area (Å²) in [5, 5.41) is 2.10. The lowest BCUT2D eigenvalue weighted by Crippen LogP contribution is -2.22. The second-order valence-corrected chi connectivity index (χ2v) is 3.25.